The van der Waals surface area contributed by atoms with E-state index in [0.717, 1.165) is 25.9 Å². The summed E-state index contributed by atoms with van der Waals surface area (Å²) in [4.78, 5) is 4.08. The molecular formula is C17H22N2O3S2. The molecule has 0 saturated carbocycles. The van der Waals surface area contributed by atoms with Crippen molar-refractivity contribution in [3.05, 3.63) is 46.2 Å². The highest BCUT2D eigenvalue weighted by molar-refractivity contribution is 7.89. The Labute approximate surface area is 147 Å². The number of nitrogens with two attached hydrogens (primary N) is 1. The van der Waals surface area contributed by atoms with Gasteiger partial charge in [-0.3, -0.25) is 4.90 Å². The zero-order valence-corrected chi connectivity index (χ0v) is 15.3. The summed E-state index contributed by atoms with van der Waals surface area (Å²) in [6, 6.07) is 8.94. The molecule has 7 heteroatoms. The fourth-order valence-electron chi connectivity index (χ4n) is 3.20. The van der Waals surface area contributed by atoms with Gasteiger partial charge in [0, 0.05) is 24.0 Å². The zero-order chi connectivity index (χ0) is 17.2. The lowest BCUT2D eigenvalue weighted by molar-refractivity contribution is 0.148. The van der Waals surface area contributed by atoms with Crippen molar-refractivity contribution in [1.29, 1.82) is 0 Å². The Morgan fingerprint density at radius 2 is 2.04 bits per heavy atom. The first kappa shape index (κ1) is 17.4. The summed E-state index contributed by atoms with van der Waals surface area (Å²) in [5, 5.41) is 7.27. The molecule has 24 heavy (non-hydrogen) atoms. The molecule has 1 unspecified atom stereocenters. The molecule has 0 fully saturated rings. The second-order valence-electron chi connectivity index (χ2n) is 5.87. The Morgan fingerprint density at radius 1 is 1.29 bits per heavy atom. The highest BCUT2D eigenvalue weighted by atomic mass is 32.2. The second kappa shape index (κ2) is 7.23. The van der Waals surface area contributed by atoms with E-state index in [0.29, 0.717) is 18.4 Å². The van der Waals surface area contributed by atoms with E-state index in [1.807, 2.05) is 11.3 Å². The van der Waals surface area contributed by atoms with E-state index in [1.165, 1.54) is 22.6 Å². The number of hydrogen-bond acceptors (Lipinski definition) is 5. The van der Waals surface area contributed by atoms with Crippen LogP contribution in [-0.4, -0.2) is 33.0 Å². The summed E-state index contributed by atoms with van der Waals surface area (Å²) in [5.74, 6) is 0.656. The van der Waals surface area contributed by atoms with Crippen molar-refractivity contribution in [2.75, 3.05) is 19.7 Å². The van der Waals surface area contributed by atoms with Gasteiger partial charge in [-0.15, -0.1) is 11.3 Å². The van der Waals surface area contributed by atoms with E-state index >= 15 is 0 Å². The van der Waals surface area contributed by atoms with Crippen LogP contribution in [0.5, 0.6) is 5.75 Å². The van der Waals surface area contributed by atoms with Crippen LogP contribution in [0.25, 0.3) is 0 Å². The van der Waals surface area contributed by atoms with Gasteiger partial charge in [0.25, 0.3) is 0 Å². The lowest BCUT2D eigenvalue weighted by Crippen LogP contribution is -2.37. The normalized spacial score (nSPS) is 18.3. The van der Waals surface area contributed by atoms with Crippen molar-refractivity contribution < 1.29 is 13.2 Å². The Hall–Kier alpha value is -1.41. The fraction of sp³-hybridized carbons (Fsp3) is 0.412. The van der Waals surface area contributed by atoms with E-state index in [1.54, 1.807) is 12.1 Å². The number of fused-ring (bicyclic) bond motifs is 1. The van der Waals surface area contributed by atoms with E-state index in [2.05, 4.69) is 23.3 Å². The van der Waals surface area contributed by atoms with Crippen LogP contribution in [0, 0.1) is 0 Å². The van der Waals surface area contributed by atoms with E-state index in [-0.39, 0.29) is 4.90 Å². The average molecular weight is 367 g/mol. The summed E-state index contributed by atoms with van der Waals surface area (Å²) < 4.78 is 28.3. The molecule has 0 bridgehead atoms. The molecule has 0 saturated heterocycles. The Morgan fingerprint density at radius 3 is 2.71 bits per heavy atom. The van der Waals surface area contributed by atoms with Crippen molar-refractivity contribution >= 4 is 21.4 Å². The van der Waals surface area contributed by atoms with Gasteiger partial charge in [0.05, 0.1) is 4.90 Å². The van der Waals surface area contributed by atoms with Crippen LogP contribution in [0.3, 0.4) is 0 Å². The van der Waals surface area contributed by atoms with Gasteiger partial charge in [0.2, 0.25) is 10.0 Å². The molecule has 1 aromatic heterocycles. The van der Waals surface area contributed by atoms with Crippen LogP contribution < -0.4 is 9.88 Å². The standard InChI is InChI=1S/C17H22N2O3S2/c1-2-16-15-8-12-23-17(15)7-9-19(16)10-11-22-13-3-5-14(6-4-13)24(18,20)21/h3-6,8,12,16H,2,7,9-11H2,1H3,(H2,18,20,21). The third-order valence-corrected chi connectivity index (χ3v) is 6.32. The van der Waals surface area contributed by atoms with Crippen LogP contribution in [0.4, 0.5) is 0 Å². The molecule has 130 valence electrons. The van der Waals surface area contributed by atoms with Gasteiger partial charge in [0.1, 0.15) is 12.4 Å². The van der Waals surface area contributed by atoms with Crippen molar-refractivity contribution in [1.82, 2.24) is 4.90 Å². The van der Waals surface area contributed by atoms with Gasteiger partial charge in [-0.25, -0.2) is 13.6 Å². The molecule has 0 amide bonds. The maximum Gasteiger partial charge on any atom is 0.238 e. The SMILES string of the molecule is CCC1c2ccsc2CCN1CCOc1ccc(S(N)(=O)=O)cc1. The summed E-state index contributed by atoms with van der Waals surface area (Å²) >= 11 is 1.85. The number of ether oxygens (including phenoxy) is 1. The summed E-state index contributed by atoms with van der Waals surface area (Å²) in [6.07, 6.45) is 2.19. The lowest BCUT2D eigenvalue weighted by atomic mass is 9.98. The monoisotopic (exact) mass is 366 g/mol. The minimum absolute atomic E-state index is 0.0990. The number of primary sulfonamides is 1. The quantitative estimate of drug-likeness (QED) is 0.853. The largest absolute Gasteiger partial charge is 0.492 e. The van der Waals surface area contributed by atoms with Crippen LogP contribution in [0.15, 0.2) is 40.6 Å². The number of thiophene rings is 1. The number of sulfonamides is 1. The van der Waals surface area contributed by atoms with Gasteiger partial charge < -0.3 is 4.74 Å². The third-order valence-electron chi connectivity index (χ3n) is 4.39. The molecule has 1 aliphatic rings. The molecule has 0 aliphatic carbocycles. The molecule has 2 heterocycles. The third kappa shape index (κ3) is 3.80. The minimum Gasteiger partial charge on any atom is -0.492 e. The van der Waals surface area contributed by atoms with Crippen LogP contribution >= 0.6 is 11.3 Å². The predicted octanol–water partition coefficient (Wildman–Crippen LogP) is 2.78. The fourth-order valence-corrected chi connectivity index (χ4v) is 4.64. The average Bonchev–Trinajstić information content (AvgIpc) is 3.03. The topological polar surface area (TPSA) is 72.6 Å². The van der Waals surface area contributed by atoms with Crippen LogP contribution in [-0.2, 0) is 16.4 Å². The molecule has 1 aliphatic heterocycles. The smallest absolute Gasteiger partial charge is 0.238 e. The van der Waals surface area contributed by atoms with Crippen molar-refractivity contribution in [2.24, 2.45) is 5.14 Å². The Bertz CT molecular complexity index is 784. The molecule has 2 aromatic rings. The second-order valence-corrected chi connectivity index (χ2v) is 8.44. The molecule has 2 N–H and O–H groups in total. The number of nitrogens with zero attached hydrogens (tertiary/aromatic N) is 1. The molecule has 1 aromatic carbocycles. The van der Waals surface area contributed by atoms with E-state index in [4.69, 9.17) is 9.88 Å². The van der Waals surface area contributed by atoms with Crippen molar-refractivity contribution in [3.63, 3.8) is 0 Å². The van der Waals surface area contributed by atoms with Crippen molar-refractivity contribution in [3.8, 4) is 5.75 Å². The van der Waals surface area contributed by atoms with Crippen molar-refractivity contribution in [2.45, 2.75) is 30.7 Å². The van der Waals surface area contributed by atoms with Gasteiger partial charge in [-0.1, -0.05) is 6.92 Å². The van der Waals surface area contributed by atoms with Gasteiger partial charge in [-0.2, -0.15) is 0 Å². The highest BCUT2D eigenvalue weighted by Gasteiger charge is 2.26. The number of rotatable bonds is 6. The van der Waals surface area contributed by atoms with E-state index in [9.17, 15) is 8.42 Å². The first-order valence-electron chi connectivity index (χ1n) is 8.05. The Kier molecular flexibility index (Phi) is 5.24. The molecule has 5 nitrogen and oxygen atoms in total. The minimum atomic E-state index is -3.65. The first-order chi connectivity index (χ1) is 11.5. The van der Waals surface area contributed by atoms with Crippen LogP contribution in [0.2, 0.25) is 0 Å². The lowest BCUT2D eigenvalue weighted by Gasteiger charge is -2.35. The molecular weight excluding hydrogens is 344 g/mol. The van der Waals surface area contributed by atoms with Gasteiger partial charge in [-0.05, 0) is 54.1 Å². The van der Waals surface area contributed by atoms with Gasteiger partial charge >= 0.3 is 0 Å². The maximum absolute atomic E-state index is 11.2. The Balaban J connectivity index is 1.57. The highest BCUT2D eigenvalue weighted by Crippen LogP contribution is 2.34. The molecule has 1 atom stereocenters. The number of hydrogen-bond donors (Lipinski definition) is 1. The summed E-state index contributed by atoms with van der Waals surface area (Å²) in [6.45, 7) is 4.70. The van der Waals surface area contributed by atoms with Crippen LogP contribution in [0.1, 0.15) is 29.8 Å². The predicted molar refractivity (Wildman–Crippen MR) is 95.9 cm³/mol. The summed E-state index contributed by atoms with van der Waals surface area (Å²) in [5.41, 5.74) is 1.46. The molecule has 0 radical (unpaired) electrons. The maximum atomic E-state index is 11.2. The molecule has 3 rings (SSSR count). The molecule has 0 spiro atoms. The number of benzene rings is 1. The first-order valence-corrected chi connectivity index (χ1v) is 10.5. The zero-order valence-electron chi connectivity index (χ0n) is 13.6. The van der Waals surface area contributed by atoms with Gasteiger partial charge in [0.15, 0.2) is 0 Å². The van der Waals surface area contributed by atoms with E-state index < -0.39 is 10.0 Å². The summed E-state index contributed by atoms with van der Waals surface area (Å²) in [7, 11) is -3.65.